The summed E-state index contributed by atoms with van der Waals surface area (Å²) in [4.78, 5) is 40.6. The summed E-state index contributed by atoms with van der Waals surface area (Å²) in [5.74, 6) is 0.591. The summed E-state index contributed by atoms with van der Waals surface area (Å²) < 4.78 is 6.61. The third-order valence-corrected chi connectivity index (χ3v) is 8.23. The molecule has 2 aliphatic rings. The zero-order valence-electron chi connectivity index (χ0n) is 21.8. The molecule has 0 unspecified atom stereocenters. The minimum absolute atomic E-state index is 0.0228. The molecule has 11 nitrogen and oxygen atoms in total. The average Bonchev–Trinajstić information content (AvgIpc) is 3.35. The molecule has 0 atom stereocenters. The van der Waals surface area contributed by atoms with E-state index in [1.165, 1.54) is 11.1 Å². The predicted molar refractivity (Wildman–Crippen MR) is 152 cm³/mol. The zero-order chi connectivity index (χ0) is 27.4. The Morgan fingerprint density at radius 2 is 1.87 bits per heavy atom. The molecule has 4 N–H and O–H groups in total. The van der Waals surface area contributed by atoms with Gasteiger partial charge in [-0.1, -0.05) is 12.1 Å². The van der Waals surface area contributed by atoms with Gasteiger partial charge in [0, 0.05) is 86.6 Å². The number of anilines is 2. The molecule has 2 fully saturated rings. The highest BCUT2D eigenvalue weighted by molar-refractivity contribution is 7.19. The molecule has 4 heterocycles. The van der Waals surface area contributed by atoms with Crippen molar-refractivity contribution in [3.8, 4) is 11.4 Å². The number of aliphatic carboxylic acids is 1. The fraction of sp³-hybridized carbons (Fsp3) is 0.444. The number of piperazine rings is 1. The quantitative estimate of drug-likeness (QED) is 0.269. The van der Waals surface area contributed by atoms with Gasteiger partial charge in [0.25, 0.3) is 0 Å². The number of carbonyl (C=O) groups is 2. The highest BCUT2D eigenvalue weighted by Gasteiger charge is 2.24. The molecule has 0 saturated carbocycles. The van der Waals surface area contributed by atoms with E-state index in [2.05, 4.69) is 15.9 Å². The highest BCUT2D eigenvalue weighted by Crippen LogP contribution is 2.36. The Morgan fingerprint density at radius 3 is 2.59 bits per heavy atom. The van der Waals surface area contributed by atoms with E-state index < -0.39 is 5.97 Å². The normalized spacial score (nSPS) is 16.5. The Balaban J connectivity index is 1.36. The maximum absolute atomic E-state index is 12.4. The molecule has 12 heteroatoms. The van der Waals surface area contributed by atoms with E-state index in [4.69, 9.17) is 31.0 Å². The number of nitrogens with zero attached hydrogens (tertiary/aromatic N) is 5. The third-order valence-electron chi connectivity index (χ3n) is 7.13. The fourth-order valence-electron chi connectivity index (χ4n) is 5.02. The summed E-state index contributed by atoms with van der Waals surface area (Å²) in [6.07, 6.45) is 1.93. The molecular formula is C27H33N7O4S. The van der Waals surface area contributed by atoms with E-state index in [9.17, 15) is 9.59 Å². The van der Waals surface area contributed by atoms with Gasteiger partial charge in [0.2, 0.25) is 5.91 Å². The highest BCUT2D eigenvalue weighted by atomic mass is 32.1. The fourth-order valence-corrected chi connectivity index (χ4v) is 6.17. The van der Waals surface area contributed by atoms with Crippen LogP contribution in [-0.2, 0) is 20.9 Å². The number of benzene rings is 1. The van der Waals surface area contributed by atoms with Gasteiger partial charge in [-0.25, -0.2) is 9.97 Å². The number of fused-ring (bicyclic) bond motifs is 1. The van der Waals surface area contributed by atoms with Crippen molar-refractivity contribution in [1.82, 2.24) is 19.8 Å². The first-order chi connectivity index (χ1) is 18.9. The summed E-state index contributed by atoms with van der Waals surface area (Å²) in [6, 6.07) is 7.65. The van der Waals surface area contributed by atoms with Gasteiger partial charge < -0.3 is 30.8 Å². The molecule has 206 valence electrons. The Kier molecular flexibility index (Phi) is 8.34. The van der Waals surface area contributed by atoms with Gasteiger partial charge in [-0.15, -0.1) is 11.3 Å². The summed E-state index contributed by atoms with van der Waals surface area (Å²) >= 11 is 1.69. The van der Waals surface area contributed by atoms with Crippen LogP contribution in [0.5, 0.6) is 0 Å². The first kappa shape index (κ1) is 27.0. The molecule has 1 amide bonds. The number of ether oxygens (including phenoxy) is 1. The zero-order valence-corrected chi connectivity index (χ0v) is 22.6. The van der Waals surface area contributed by atoms with Crippen LogP contribution in [0.15, 0.2) is 24.3 Å². The maximum Gasteiger partial charge on any atom is 0.303 e. The topological polar surface area (TPSA) is 149 Å². The van der Waals surface area contributed by atoms with Gasteiger partial charge >= 0.3 is 5.97 Å². The molecule has 1 aromatic carbocycles. The van der Waals surface area contributed by atoms with Crippen LogP contribution in [0.1, 0.15) is 29.7 Å². The van der Waals surface area contributed by atoms with E-state index in [-0.39, 0.29) is 18.7 Å². The summed E-state index contributed by atoms with van der Waals surface area (Å²) in [5, 5.41) is 16.7. The molecule has 0 aliphatic carbocycles. The minimum atomic E-state index is -0.868. The van der Waals surface area contributed by atoms with Crippen molar-refractivity contribution >= 4 is 51.1 Å². The van der Waals surface area contributed by atoms with Crippen molar-refractivity contribution in [3.05, 3.63) is 34.7 Å². The molecule has 2 saturated heterocycles. The first-order valence-corrected chi connectivity index (χ1v) is 14.0. The lowest BCUT2D eigenvalue weighted by Crippen LogP contribution is -2.48. The standard InChI is InChI=1S/C27H33N7O4S/c28-16-20-19(3-1-4-21(20)29)26-30-22-15-18(39-25(22)27(31-26)34-11-13-38-14-12-34)17-32-7-9-33(10-8-32)23(35)5-2-6-24(36)37/h1,3-4,15-16,28H,2,5-14,17,29H2,(H,36,37). The van der Waals surface area contributed by atoms with Crippen molar-refractivity contribution in [2.24, 2.45) is 0 Å². The minimum Gasteiger partial charge on any atom is -0.481 e. The summed E-state index contributed by atoms with van der Waals surface area (Å²) in [6.45, 7) is 6.33. The van der Waals surface area contributed by atoms with E-state index in [0.29, 0.717) is 49.8 Å². The third kappa shape index (κ3) is 6.18. The second kappa shape index (κ2) is 12.1. The number of nitrogens with two attached hydrogens (primary N) is 1. The van der Waals surface area contributed by atoms with Gasteiger partial charge in [-0.05, 0) is 18.6 Å². The second-order valence-corrected chi connectivity index (χ2v) is 10.9. The number of nitrogen functional groups attached to an aromatic ring is 1. The van der Waals surface area contributed by atoms with Crippen molar-refractivity contribution in [3.63, 3.8) is 0 Å². The van der Waals surface area contributed by atoms with E-state index in [0.717, 1.165) is 54.3 Å². The van der Waals surface area contributed by atoms with Crippen molar-refractivity contribution in [1.29, 1.82) is 5.41 Å². The van der Waals surface area contributed by atoms with E-state index >= 15 is 0 Å². The van der Waals surface area contributed by atoms with Crippen LogP contribution in [0.4, 0.5) is 11.5 Å². The smallest absolute Gasteiger partial charge is 0.303 e. The predicted octanol–water partition coefficient (Wildman–Crippen LogP) is 2.67. The number of thiophene rings is 1. The average molecular weight is 552 g/mol. The lowest BCUT2D eigenvalue weighted by Gasteiger charge is -2.34. The van der Waals surface area contributed by atoms with E-state index in [1.807, 2.05) is 17.0 Å². The van der Waals surface area contributed by atoms with Crippen molar-refractivity contribution < 1.29 is 19.4 Å². The number of morpholine rings is 1. The van der Waals surface area contributed by atoms with Crippen LogP contribution in [0.25, 0.3) is 21.6 Å². The maximum atomic E-state index is 12.4. The molecule has 0 radical (unpaired) electrons. The second-order valence-electron chi connectivity index (χ2n) is 9.75. The Hall–Kier alpha value is -3.61. The van der Waals surface area contributed by atoms with Gasteiger partial charge in [-0.2, -0.15) is 0 Å². The Labute approximate surface area is 230 Å². The molecular weight excluding hydrogens is 518 g/mol. The van der Waals surface area contributed by atoms with E-state index in [1.54, 1.807) is 17.4 Å². The molecule has 0 spiro atoms. The van der Waals surface area contributed by atoms with Crippen LogP contribution < -0.4 is 10.6 Å². The molecule has 0 bridgehead atoms. The van der Waals surface area contributed by atoms with Crippen LogP contribution in [0.3, 0.4) is 0 Å². The molecule has 3 aromatic rings. The van der Waals surface area contributed by atoms with Crippen LogP contribution in [-0.4, -0.2) is 95.4 Å². The Morgan fingerprint density at radius 1 is 1.10 bits per heavy atom. The van der Waals surface area contributed by atoms with Crippen LogP contribution in [0, 0.1) is 5.41 Å². The number of aromatic nitrogens is 2. The number of carboxylic acids is 1. The number of hydrogen-bond acceptors (Lipinski definition) is 10. The molecule has 39 heavy (non-hydrogen) atoms. The number of carbonyl (C=O) groups excluding carboxylic acids is 1. The van der Waals surface area contributed by atoms with Gasteiger partial charge in [0.15, 0.2) is 11.6 Å². The monoisotopic (exact) mass is 551 g/mol. The largest absolute Gasteiger partial charge is 0.481 e. The summed E-state index contributed by atoms with van der Waals surface area (Å²) in [5.41, 5.74) is 8.88. The van der Waals surface area contributed by atoms with Gasteiger partial charge in [0.05, 0.1) is 23.4 Å². The van der Waals surface area contributed by atoms with Gasteiger partial charge in [-0.3, -0.25) is 14.5 Å². The number of amides is 1. The lowest BCUT2D eigenvalue weighted by molar-refractivity contribution is -0.137. The van der Waals surface area contributed by atoms with Gasteiger partial charge in [0.1, 0.15) is 0 Å². The van der Waals surface area contributed by atoms with Crippen LogP contribution >= 0.6 is 11.3 Å². The molecule has 2 aromatic heterocycles. The summed E-state index contributed by atoms with van der Waals surface area (Å²) in [7, 11) is 0. The van der Waals surface area contributed by atoms with Crippen LogP contribution in [0.2, 0.25) is 0 Å². The van der Waals surface area contributed by atoms with Crippen molar-refractivity contribution in [2.45, 2.75) is 25.8 Å². The first-order valence-electron chi connectivity index (χ1n) is 13.2. The number of hydrogen-bond donors (Lipinski definition) is 3. The number of rotatable bonds is 9. The Bertz CT molecular complexity index is 1360. The number of nitrogens with one attached hydrogen (secondary N) is 1. The molecule has 5 rings (SSSR count). The number of carboxylic acid groups (broad SMARTS) is 1. The molecule has 2 aliphatic heterocycles. The lowest BCUT2D eigenvalue weighted by atomic mass is 10.1. The van der Waals surface area contributed by atoms with Crippen molar-refractivity contribution in [2.75, 3.05) is 63.1 Å². The SMILES string of the molecule is N=Cc1c(N)cccc1-c1nc(N2CCOCC2)c2sc(CN3CCN(C(=O)CCCC(=O)O)CC3)cc2n1.